The number of carboxylic acids is 1. The largest absolute Gasteiger partial charge is 0.478 e. The molecule has 0 saturated heterocycles. The first kappa shape index (κ1) is 17.2. The molecule has 3 N–H and O–H groups in total. The summed E-state index contributed by atoms with van der Waals surface area (Å²) in [5, 5.41) is 14.2. The second kappa shape index (κ2) is 7.81. The zero-order chi connectivity index (χ0) is 16.0. The maximum absolute atomic E-state index is 12.0. The molecule has 1 rings (SSSR count). The minimum absolute atomic E-state index is 0.00154. The number of carboxylic acid groups (broad SMARTS) is 1. The highest BCUT2D eigenvalue weighted by molar-refractivity contribution is 14.1. The van der Waals surface area contributed by atoms with Crippen molar-refractivity contribution in [3.8, 4) is 0 Å². The van der Waals surface area contributed by atoms with E-state index in [1.807, 2.05) is 22.6 Å². The summed E-state index contributed by atoms with van der Waals surface area (Å²) in [6.45, 7) is 2.16. The second-order valence-corrected chi connectivity index (χ2v) is 5.48. The first-order valence-corrected chi connectivity index (χ1v) is 7.24. The molecule has 0 atom stereocenters. The predicted molar refractivity (Wildman–Crippen MR) is 86.5 cm³/mol. The number of amides is 3. The number of benzene rings is 1. The molecule has 0 unspecified atom stereocenters. The molecule has 114 valence electrons. The number of rotatable bonds is 5. The highest BCUT2D eigenvalue weighted by Gasteiger charge is 2.16. The normalized spacial score (nSPS) is 9.86. The van der Waals surface area contributed by atoms with Crippen molar-refractivity contribution in [1.29, 1.82) is 0 Å². The molecule has 0 spiro atoms. The second-order valence-electron chi connectivity index (χ2n) is 4.23. The number of anilines is 1. The lowest BCUT2D eigenvalue weighted by Gasteiger charge is -2.18. The number of hydrogen-bond donors (Lipinski definition) is 3. The smallest absolute Gasteiger partial charge is 0.337 e. The van der Waals surface area contributed by atoms with Crippen molar-refractivity contribution in [1.82, 2.24) is 10.2 Å². The van der Waals surface area contributed by atoms with Crippen LogP contribution in [0.3, 0.4) is 0 Å². The molecule has 7 nitrogen and oxygen atoms in total. The maximum Gasteiger partial charge on any atom is 0.337 e. The number of nitrogens with zero attached hydrogens (tertiary/aromatic N) is 1. The van der Waals surface area contributed by atoms with Crippen LogP contribution in [-0.4, -0.2) is 48.1 Å². The highest BCUT2D eigenvalue weighted by atomic mass is 127. The lowest BCUT2D eigenvalue weighted by atomic mass is 10.2. The number of nitrogens with one attached hydrogen (secondary N) is 2. The van der Waals surface area contributed by atoms with E-state index >= 15 is 0 Å². The summed E-state index contributed by atoms with van der Waals surface area (Å²) in [6, 6.07) is 4.11. The third-order valence-corrected chi connectivity index (χ3v) is 3.23. The third kappa shape index (κ3) is 5.21. The maximum atomic E-state index is 12.0. The van der Waals surface area contributed by atoms with E-state index in [0.29, 0.717) is 6.54 Å². The van der Waals surface area contributed by atoms with Crippen molar-refractivity contribution in [2.24, 2.45) is 0 Å². The average Bonchev–Trinajstić information content (AvgIpc) is 2.40. The Morgan fingerprint density at radius 1 is 1.33 bits per heavy atom. The van der Waals surface area contributed by atoms with Crippen LogP contribution in [0, 0.1) is 3.57 Å². The summed E-state index contributed by atoms with van der Waals surface area (Å²) < 4.78 is 0.749. The first-order chi connectivity index (χ1) is 9.85. The highest BCUT2D eigenvalue weighted by Crippen LogP contribution is 2.19. The van der Waals surface area contributed by atoms with Gasteiger partial charge >= 0.3 is 12.0 Å². The average molecular weight is 405 g/mol. The van der Waals surface area contributed by atoms with Gasteiger partial charge in [-0.05, 0) is 47.7 Å². The van der Waals surface area contributed by atoms with Gasteiger partial charge in [-0.1, -0.05) is 0 Å². The molecule has 1 aromatic rings. The first-order valence-electron chi connectivity index (χ1n) is 6.16. The van der Waals surface area contributed by atoms with Gasteiger partial charge in [0.05, 0.1) is 11.3 Å². The van der Waals surface area contributed by atoms with Gasteiger partial charge in [-0.25, -0.2) is 9.59 Å². The molecule has 0 aliphatic carbocycles. The van der Waals surface area contributed by atoms with Gasteiger partial charge in [-0.3, -0.25) is 4.79 Å². The molecular weight excluding hydrogens is 389 g/mol. The molecule has 0 aromatic heterocycles. The number of carbonyl (C=O) groups excluding carboxylic acids is 2. The number of carbonyl (C=O) groups is 3. The number of likely N-dealkylation sites (N-methyl/N-ethyl adjacent to an activating group) is 2. The summed E-state index contributed by atoms with van der Waals surface area (Å²) in [7, 11) is 1.46. The Balaban J connectivity index is 2.79. The van der Waals surface area contributed by atoms with Gasteiger partial charge in [-0.2, -0.15) is 0 Å². The Kier molecular flexibility index (Phi) is 6.40. The van der Waals surface area contributed by atoms with Gasteiger partial charge in [0.15, 0.2) is 0 Å². The van der Waals surface area contributed by atoms with E-state index in [0.717, 1.165) is 3.57 Å². The third-order valence-electron chi connectivity index (χ3n) is 2.56. The zero-order valence-corrected chi connectivity index (χ0v) is 13.8. The number of halogens is 1. The van der Waals surface area contributed by atoms with Gasteiger partial charge < -0.3 is 20.6 Å². The van der Waals surface area contributed by atoms with Crippen LogP contribution < -0.4 is 10.6 Å². The fourth-order valence-electron chi connectivity index (χ4n) is 1.55. The minimum Gasteiger partial charge on any atom is -0.478 e. The molecular formula is C13H16IN3O4. The van der Waals surface area contributed by atoms with Crippen molar-refractivity contribution in [2.45, 2.75) is 6.92 Å². The van der Waals surface area contributed by atoms with Crippen molar-refractivity contribution >= 4 is 46.2 Å². The molecule has 0 aliphatic heterocycles. The summed E-state index contributed by atoms with van der Waals surface area (Å²) in [4.78, 5) is 35.7. The van der Waals surface area contributed by atoms with Crippen LogP contribution >= 0.6 is 22.6 Å². The van der Waals surface area contributed by atoms with E-state index in [9.17, 15) is 14.4 Å². The summed E-state index contributed by atoms with van der Waals surface area (Å²) >= 11 is 1.99. The molecule has 0 bridgehead atoms. The molecule has 1 aromatic carbocycles. The Bertz CT molecular complexity index is 562. The van der Waals surface area contributed by atoms with E-state index in [1.165, 1.54) is 24.1 Å². The predicted octanol–water partition coefficient (Wildman–Crippen LogP) is 1.59. The number of urea groups is 1. The fraction of sp³-hybridized carbons (Fsp3) is 0.308. The summed E-state index contributed by atoms with van der Waals surface area (Å²) in [6.07, 6.45) is 0. The molecule has 21 heavy (non-hydrogen) atoms. The van der Waals surface area contributed by atoms with Gasteiger partial charge in [-0.15, -0.1) is 0 Å². The Labute approximate surface area is 135 Å². The van der Waals surface area contributed by atoms with E-state index in [-0.39, 0.29) is 23.7 Å². The standard InChI is InChI=1S/C13H16IN3O4/c1-3-15-11(18)7-17(2)13(21)16-10-5-4-8(14)6-9(10)12(19)20/h4-6H,3,7H2,1-2H3,(H,15,18)(H,16,21)(H,19,20). The quantitative estimate of drug-likeness (QED) is 0.648. The molecule has 8 heteroatoms. The summed E-state index contributed by atoms with van der Waals surface area (Å²) in [5.74, 6) is -1.41. The van der Waals surface area contributed by atoms with Crippen LogP contribution in [0.25, 0.3) is 0 Å². The van der Waals surface area contributed by atoms with Gasteiger partial charge in [0.1, 0.15) is 6.54 Å². The topological polar surface area (TPSA) is 98.7 Å². The van der Waals surface area contributed by atoms with E-state index < -0.39 is 12.0 Å². The molecule has 0 saturated carbocycles. The van der Waals surface area contributed by atoms with Crippen LogP contribution in [-0.2, 0) is 4.79 Å². The number of aromatic carboxylic acids is 1. The van der Waals surface area contributed by atoms with Crippen LogP contribution in [0.1, 0.15) is 17.3 Å². The number of hydrogen-bond acceptors (Lipinski definition) is 3. The minimum atomic E-state index is -1.13. The molecule has 0 fully saturated rings. The summed E-state index contributed by atoms with van der Waals surface area (Å²) in [5.41, 5.74) is 0.192. The van der Waals surface area contributed by atoms with Crippen molar-refractivity contribution in [3.63, 3.8) is 0 Å². The van der Waals surface area contributed by atoms with Crippen molar-refractivity contribution in [2.75, 3.05) is 25.5 Å². The van der Waals surface area contributed by atoms with Crippen LogP contribution in [0.15, 0.2) is 18.2 Å². The van der Waals surface area contributed by atoms with E-state index in [1.54, 1.807) is 13.0 Å². The van der Waals surface area contributed by atoms with Gasteiger partial charge in [0.2, 0.25) is 5.91 Å². The molecule has 0 radical (unpaired) electrons. The van der Waals surface area contributed by atoms with Gasteiger partial charge in [0.25, 0.3) is 0 Å². The fourth-order valence-corrected chi connectivity index (χ4v) is 2.04. The Hall–Kier alpha value is -1.84. The van der Waals surface area contributed by atoms with Crippen molar-refractivity contribution in [3.05, 3.63) is 27.3 Å². The SMILES string of the molecule is CCNC(=O)CN(C)C(=O)Nc1ccc(I)cc1C(=O)O. The van der Waals surface area contributed by atoms with E-state index in [2.05, 4.69) is 10.6 Å². The van der Waals surface area contributed by atoms with Crippen LogP contribution in [0.2, 0.25) is 0 Å². The van der Waals surface area contributed by atoms with Crippen LogP contribution in [0.5, 0.6) is 0 Å². The van der Waals surface area contributed by atoms with E-state index in [4.69, 9.17) is 5.11 Å². The lowest BCUT2D eigenvalue weighted by molar-refractivity contribution is -0.121. The van der Waals surface area contributed by atoms with Crippen LogP contribution in [0.4, 0.5) is 10.5 Å². The zero-order valence-electron chi connectivity index (χ0n) is 11.6. The molecule has 0 heterocycles. The Morgan fingerprint density at radius 2 is 2.00 bits per heavy atom. The molecule has 3 amide bonds. The lowest BCUT2D eigenvalue weighted by Crippen LogP contribution is -2.40. The Morgan fingerprint density at radius 3 is 2.57 bits per heavy atom. The van der Waals surface area contributed by atoms with Crippen molar-refractivity contribution < 1.29 is 19.5 Å². The molecule has 0 aliphatic rings. The van der Waals surface area contributed by atoms with Gasteiger partial charge in [0, 0.05) is 17.2 Å². The monoisotopic (exact) mass is 405 g/mol.